The van der Waals surface area contributed by atoms with Gasteiger partial charge in [-0.05, 0) is 48.9 Å². The molecule has 1 N–H and O–H groups in total. The van der Waals surface area contributed by atoms with Crippen molar-refractivity contribution in [1.29, 1.82) is 0 Å². The van der Waals surface area contributed by atoms with Gasteiger partial charge < -0.3 is 0 Å². The molecular formula is C18H13Cl3N2OS. The number of thiazole rings is 1. The summed E-state index contributed by atoms with van der Waals surface area (Å²) in [5.41, 5.74) is 2.45. The molecule has 0 saturated heterocycles. The van der Waals surface area contributed by atoms with Gasteiger partial charge in [-0.2, -0.15) is 0 Å². The molecule has 2 aromatic carbocycles. The second-order valence-corrected chi connectivity index (χ2v) is 7.75. The first-order chi connectivity index (χ1) is 11.9. The Hall–Kier alpha value is -1.59. The summed E-state index contributed by atoms with van der Waals surface area (Å²) in [6, 6.07) is 12.3. The summed E-state index contributed by atoms with van der Waals surface area (Å²) in [5.74, 6) is -0.216. The number of rotatable bonds is 4. The zero-order chi connectivity index (χ0) is 18.0. The third-order valence-electron chi connectivity index (χ3n) is 3.57. The van der Waals surface area contributed by atoms with Gasteiger partial charge in [-0.3, -0.25) is 10.1 Å². The number of amides is 1. The Bertz CT molecular complexity index is 923. The molecule has 0 saturated carbocycles. The lowest BCUT2D eigenvalue weighted by Crippen LogP contribution is -2.11. The molecule has 0 aliphatic rings. The van der Waals surface area contributed by atoms with Crippen molar-refractivity contribution < 1.29 is 4.79 Å². The minimum absolute atomic E-state index is 0.216. The summed E-state index contributed by atoms with van der Waals surface area (Å²) in [6.07, 6.45) is 0.678. The van der Waals surface area contributed by atoms with Gasteiger partial charge in [0.2, 0.25) is 0 Å². The van der Waals surface area contributed by atoms with Gasteiger partial charge in [-0.15, -0.1) is 11.3 Å². The van der Waals surface area contributed by atoms with Crippen molar-refractivity contribution in [3.8, 4) is 0 Å². The molecule has 0 unspecified atom stereocenters. The Morgan fingerprint density at radius 1 is 1.08 bits per heavy atom. The number of aromatic nitrogens is 1. The van der Waals surface area contributed by atoms with Gasteiger partial charge in [-0.1, -0.05) is 40.9 Å². The van der Waals surface area contributed by atoms with Gasteiger partial charge in [0.05, 0.1) is 15.7 Å². The number of carbonyl (C=O) groups excluding carboxylic acids is 1. The highest BCUT2D eigenvalue weighted by atomic mass is 35.5. The number of benzene rings is 2. The van der Waals surface area contributed by atoms with Crippen LogP contribution in [0, 0.1) is 6.92 Å². The van der Waals surface area contributed by atoms with E-state index in [-0.39, 0.29) is 5.91 Å². The number of hydrogen-bond donors (Lipinski definition) is 1. The van der Waals surface area contributed by atoms with Crippen LogP contribution in [0.3, 0.4) is 0 Å². The molecule has 3 nitrogen and oxygen atoms in total. The molecule has 0 bridgehead atoms. The molecule has 128 valence electrons. The Morgan fingerprint density at radius 2 is 1.80 bits per heavy atom. The zero-order valence-electron chi connectivity index (χ0n) is 13.1. The number of aryl methyl sites for hydroxylation is 1. The number of anilines is 1. The van der Waals surface area contributed by atoms with Crippen molar-refractivity contribution in [2.45, 2.75) is 13.3 Å². The van der Waals surface area contributed by atoms with Crippen LogP contribution in [-0.2, 0) is 6.42 Å². The van der Waals surface area contributed by atoms with E-state index < -0.39 is 0 Å². The number of carbonyl (C=O) groups is 1. The second kappa shape index (κ2) is 7.75. The SMILES string of the molecule is Cc1nc(NC(=O)c2ccc(Cl)cc2)sc1Cc1ccc(Cl)c(Cl)c1. The highest BCUT2D eigenvalue weighted by Gasteiger charge is 2.13. The molecule has 0 radical (unpaired) electrons. The van der Waals surface area contributed by atoms with E-state index in [0.29, 0.717) is 32.2 Å². The minimum Gasteiger partial charge on any atom is -0.298 e. The molecule has 1 heterocycles. The summed E-state index contributed by atoms with van der Waals surface area (Å²) in [5, 5.41) is 5.03. The fraction of sp³-hybridized carbons (Fsp3) is 0.111. The highest BCUT2D eigenvalue weighted by molar-refractivity contribution is 7.15. The van der Waals surface area contributed by atoms with Crippen LogP contribution >= 0.6 is 46.1 Å². The van der Waals surface area contributed by atoms with Crippen LogP contribution < -0.4 is 5.32 Å². The van der Waals surface area contributed by atoms with Gasteiger partial charge in [0.1, 0.15) is 0 Å². The Balaban J connectivity index is 1.74. The summed E-state index contributed by atoms with van der Waals surface area (Å²) in [4.78, 5) is 17.8. The third kappa shape index (κ3) is 4.53. The van der Waals surface area contributed by atoms with E-state index in [1.54, 1.807) is 30.3 Å². The number of nitrogens with zero attached hydrogens (tertiary/aromatic N) is 1. The maximum absolute atomic E-state index is 12.3. The molecule has 3 rings (SSSR count). The Kier molecular flexibility index (Phi) is 5.64. The van der Waals surface area contributed by atoms with Gasteiger partial charge in [-0.25, -0.2) is 4.98 Å². The quantitative estimate of drug-likeness (QED) is 0.551. The molecule has 25 heavy (non-hydrogen) atoms. The van der Waals surface area contributed by atoms with Gasteiger partial charge in [0.25, 0.3) is 5.91 Å². The van der Waals surface area contributed by atoms with Gasteiger partial charge in [0, 0.05) is 21.9 Å². The summed E-state index contributed by atoms with van der Waals surface area (Å²) in [7, 11) is 0. The van der Waals surface area contributed by atoms with Crippen molar-refractivity contribution in [3.05, 3.63) is 79.2 Å². The van der Waals surface area contributed by atoms with E-state index in [1.165, 1.54) is 11.3 Å². The molecule has 0 aliphatic carbocycles. The number of nitrogens with one attached hydrogen (secondary N) is 1. The van der Waals surface area contributed by atoms with Gasteiger partial charge in [0.15, 0.2) is 5.13 Å². The predicted molar refractivity (Wildman–Crippen MR) is 106 cm³/mol. The number of hydrogen-bond acceptors (Lipinski definition) is 3. The lowest BCUT2D eigenvalue weighted by molar-refractivity contribution is 0.102. The summed E-state index contributed by atoms with van der Waals surface area (Å²) in [6.45, 7) is 1.92. The normalized spacial score (nSPS) is 10.7. The topological polar surface area (TPSA) is 42.0 Å². The maximum Gasteiger partial charge on any atom is 0.257 e. The molecule has 0 atom stereocenters. The van der Waals surface area contributed by atoms with Crippen LogP contribution in [0.15, 0.2) is 42.5 Å². The highest BCUT2D eigenvalue weighted by Crippen LogP contribution is 2.28. The largest absolute Gasteiger partial charge is 0.298 e. The van der Waals surface area contributed by atoms with Crippen LogP contribution in [0.1, 0.15) is 26.5 Å². The van der Waals surface area contributed by atoms with Crippen molar-refractivity contribution in [1.82, 2.24) is 4.98 Å². The monoisotopic (exact) mass is 410 g/mol. The van der Waals surface area contributed by atoms with Crippen molar-refractivity contribution in [3.63, 3.8) is 0 Å². The summed E-state index contributed by atoms with van der Waals surface area (Å²) >= 11 is 19.3. The van der Waals surface area contributed by atoms with Gasteiger partial charge >= 0.3 is 0 Å². The van der Waals surface area contributed by atoms with E-state index in [1.807, 2.05) is 19.1 Å². The standard InChI is InChI=1S/C18H13Cl3N2OS/c1-10-16(9-11-2-7-14(20)15(21)8-11)25-18(22-10)23-17(24)12-3-5-13(19)6-4-12/h2-8H,9H2,1H3,(H,22,23,24). The molecule has 0 aliphatic heterocycles. The van der Waals surface area contributed by atoms with Crippen molar-refractivity contribution in [2.24, 2.45) is 0 Å². The zero-order valence-corrected chi connectivity index (χ0v) is 16.2. The molecule has 1 aromatic heterocycles. The predicted octanol–water partition coefficient (Wildman–Crippen LogP) is 6.25. The lowest BCUT2D eigenvalue weighted by Gasteiger charge is -2.02. The molecule has 0 fully saturated rings. The smallest absolute Gasteiger partial charge is 0.257 e. The molecular weight excluding hydrogens is 399 g/mol. The molecule has 3 aromatic rings. The fourth-order valence-electron chi connectivity index (χ4n) is 2.25. The van der Waals surface area contributed by atoms with Crippen molar-refractivity contribution in [2.75, 3.05) is 5.32 Å². The Morgan fingerprint density at radius 3 is 2.48 bits per heavy atom. The first kappa shape index (κ1) is 18.2. The fourth-order valence-corrected chi connectivity index (χ4v) is 3.69. The Labute approximate surface area is 164 Å². The van der Waals surface area contributed by atoms with E-state index in [9.17, 15) is 4.79 Å². The average Bonchev–Trinajstić information content (AvgIpc) is 2.91. The first-order valence-electron chi connectivity index (χ1n) is 7.39. The van der Waals surface area contributed by atoms with E-state index in [4.69, 9.17) is 34.8 Å². The van der Waals surface area contributed by atoms with E-state index in [2.05, 4.69) is 10.3 Å². The molecule has 7 heteroatoms. The first-order valence-corrected chi connectivity index (χ1v) is 9.34. The van der Waals surface area contributed by atoms with Crippen LogP contribution in [0.2, 0.25) is 15.1 Å². The average molecular weight is 412 g/mol. The van der Waals surface area contributed by atoms with Crippen molar-refractivity contribution >= 4 is 57.2 Å². The molecule has 0 spiro atoms. The third-order valence-corrected chi connectivity index (χ3v) is 5.63. The van der Waals surface area contributed by atoms with Crippen LogP contribution in [-0.4, -0.2) is 10.9 Å². The number of halogens is 3. The van der Waals surface area contributed by atoms with Crippen LogP contribution in [0.5, 0.6) is 0 Å². The van der Waals surface area contributed by atoms with Crippen LogP contribution in [0.4, 0.5) is 5.13 Å². The molecule has 1 amide bonds. The van der Waals surface area contributed by atoms with E-state index >= 15 is 0 Å². The van der Waals surface area contributed by atoms with Crippen LogP contribution in [0.25, 0.3) is 0 Å². The minimum atomic E-state index is -0.216. The maximum atomic E-state index is 12.3. The summed E-state index contributed by atoms with van der Waals surface area (Å²) < 4.78 is 0. The van der Waals surface area contributed by atoms with E-state index in [0.717, 1.165) is 16.1 Å². The second-order valence-electron chi connectivity index (χ2n) is 5.41. The lowest BCUT2D eigenvalue weighted by atomic mass is 10.1.